The van der Waals surface area contributed by atoms with Crippen molar-refractivity contribution in [3.8, 4) is 0 Å². The van der Waals surface area contributed by atoms with E-state index >= 15 is 0 Å². The molecular weight excluding hydrogens is 330 g/mol. The first-order valence-electron chi connectivity index (χ1n) is 8.59. The van der Waals surface area contributed by atoms with Crippen molar-refractivity contribution in [1.82, 2.24) is 10.6 Å². The normalized spacial score (nSPS) is 21.3. The zero-order valence-corrected chi connectivity index (χ0v) is 14.4. The van der Waals surface area contributed by atoms with Gasteiger partial charge in [-0.3, -0.25) is 14.9 Å². The Morgan fingerprint density at radius 3 is 2.54 bits per heavy atom. The summed E-state index contributed by atoms with van der Waals surface area (Å²) < 4.78 is 0. The second kappa shape index (κ2) is 5.98. The molecule has 0 radical (unpaired) electrons. The molecule has 4 amide bonds. The van der Waals surface area contributed by atoms with Crippen LogP contribution in [0.4, 0.5) is 10.5 Å². The van der Waals surface area contributed by atoms with Crippen LogP contribution in [0.2, 0.25) is 0 Å². The molecule has 2 aliphatic heterocycles. The van der Waals surface area contributed by atoms with Gasteiger partial charge >= 0.3 is 6.03 Å². The van der Waals surface area contributed by atoms with Crippen LogP contribution in [0.3, 0.4) is 0 Å². The summed E-state index contributed by atoms with van der Waals surface area (Å²) in [4.78, 5) is 38.7. The van der Waals surface area contributed by atoms with Crippen LogP contribution in [0.15, 0.2) is 48.5 Å². The van der Waals surface area contributed by atoms with E-state index in [0.29, 0.717) is 30.6 Å². The van der Waals surface area contributed by atoms with Crippen molar-refractivity contribution in [3.05, 3.63) is 65.2 Å². The molecule has 26 heavy (non-hydrogen) atoms. The molecule has 0 aromatic heterocycles. The van der Waals surface area contributed by atoms with E-state index in [4.69, 9.17) is 0 Å². The quantitative estimate of drug-likeness (QED) is 0.814. The van der Waals surface area contributed by atoms with Crippen LogP contribution in [0.25, 0.3) is 0 Å². The zero-order chi connectivity index (χ0) is 18.3. The first-order chi connectivity index (χ1) is 12.5. The molecule has 1 saturated heterocycles. The Bertz CT molecular complexity index is 907. The maximum atomic E-state index is 12.9. The number of nitrogens with one attached hydrogen (secondary N) is 2. The maximum absolute atomic E-state index is 12.9. The fourth-order valence-electron chi connectivity index (χ4n) is 3.70. The van der Waals surface area contributed by atoms with Gasteiger partial charge in [0.1, 0.15) is 5.54 Å². The number of benzene rings is 2. The number of hydrogen-bond acceptors (Lipinski definition) is 3. The monoisotopic (exact) mass is 349 g/mol. The molecule has 1 unspecified atom stereocenters. The van der Waals surface area contributed by atoms with Gasteiger partial charge in [-0.15, -0.1) is 0 Å². The lowest BCUT2D eigenvalue weighted by atomic mass is 9.82. The van der Waals surface area contributed by atoms with Crippen molar-refractivity contribution in [2.45, 2.75) is 25.3 Å². The molecule has 0 aliphatic carbocycles. The Labute approximate surface area is 151 Å². The minimum Gasteiger partial charge on any atom is -0.319 e. The molecule has 1 spiro atoms. The molecule has 2 heterocycles. The van der Waals surface area contributed by atoms with E-state index in [9.17, 15) is 14.4 Å². The van der Waals surface area contributed by atoms with E-state index in [1.165, 1.54) is 0 Å². The summed E-state index contributed by atoms with van der Waals surface area (Å²) in [7, 11) is 0. The highest BCUT2D eigenvalue weighted by Gasteiger charge is 2.51. The van der Waals surface area contributed by atoms with Crippen LogP contribution in [-0.2, 0) is 21.5 Å². The van der Waals surface area contributed by atoms with E-state index < -0.39 is 11.6 Å². The summed E-state index contributed by atoms with van der Waals surface area (Å²) in [5, 5.41) is 5.07. The Balaban J connectivity index is 1.66. The third-order valence-corrected chi connectivity index (χ3v) is 5.08. The van der Waals surface area contributed by atoms with Crippen LogP contribution >= 0.6 is 0 Å². The molecule has 1 fully saturated rings. The van der Waals surface area contributed by atoms with Gasteiger partial charge in [0.2, 0.25) is 5.91 Å². The van der Waals surface area contributed by atoms with Crippen LogP contribution in [-0.4, -0.2) is 24.4 Å². The summed E-state index contributed by atoms with van der Waals surface area (Å²) in [6.07, 6.45) is 0.640. The molecule has 6 heteroatoms. The van der Waals surface area contributed by atoms with E-state index in [0.717, 1.165) is 11.1 Å². The van der Waals surface area contributed by atoms with Gasteiger partial charge < -0.3 is 10.2 Å². The smallest absolute Gasteiger partial charge is 0.319 e. The number of fused-ring (bicyclic) bond motifs is 2. The fraction of sp³-hybridized carbons (Fsp3) is 0.250. The van der Waals surface area contributed by atoms with E-state index in [1.54, 1.807) is 11.0 Å². The van der Waals surface area contributed by atoms with Crippen LogP contribution in [0.1, 0.15) is 23.1 Å². The number of para-hydroxylation sites is 1. The van der Waals surface area contributed by atoms with Gasteiger partial charge in [-0.25, -0.2) is 4.79 Å². The second-order valence-electron chi connectivity index (χ2n) is 6.79. The van der Waals surface area contributed by atoms with Gasteiger partial charge in [-0.1, -0.05) is 48.0 Å². The second-order valence-corrected chi connectivity index (χ2v) is 6.79. The zero-order valence-electron chi connectivity index (χ0n) is 14.4. The molecule has 2 N–H and O–H groups in total. The molecular formula is C20H19N3O3. The third kappa shape index (κ3) is 2.54. The number of carbonyl (C=O) groups excluding carboxylic acids is 3. The minimum atomic E-state index is -1.09. The van der Waals surface area contributed by atoms with E-state index in [-0.39, 0.29) is 11.8 Å². The first-order valence-corrected chi connectivity index (χ1v) is 8.59. The topological polar surface area (TPSA) is 78.5 Å². The number of urea groups is 1. The predicted octanol–water partition coefficient (Wildman–Crippen LogP) is 2.01. The molecule has 0 saturated carbocycles. The van der Waals surface area contributed by atoms with Crippen LogP contribution in [0.5, 0.6) is 0 Å². The Morgan fingerprint density at radius 2 is 1.85 bits per heavy atom. The van der Waals surface area contributed by atoms with Gasteiger partial charge in [0, 0.05) is 24.2 Å². The standard InChI is InChI=1S/C20H19N3O3/c1-13-6-8-14(9-7-13)12-17(24)23-11-10-20(18(25)21-19(26)22-20)15-4-2-3-5-16(15)23/h2-9H,10-12H2,1H3,(H2,21,22,25,26). The first kappa shape index (κ1) is 16.3. The number of imide groups is 1. The summed E-state index contributed by atoms with van der Waals surface area (Å²) in [5.41, 5.74) is 2.34. The summed E-state index contributed by atoms with van der Waals surface area (Å²) >= 11 is 0. The van der Waals surface area contributed by atoms with Gasteiger partial charge in [0.15, 0.2) is 0 Å². The lowest BCUT2D eigenvalue weighted by molar-refractivity contribution is -0.125. The largest absolute Gasteiger partial charge is 0.322 e. The molecule has 1 atom stereocenters. The van der Waals surface area contributed by atoms with Crippen molar-refractivity contribution in [1.29, 1.82) is 0 Å². The molecule has 2 aromatic rings. The SMILES string of the molecule is Cc1ccc(CC(=O)N2CCC3(NC(=O)NC3=O)c3ccccc32)cc1. The number of amides is 4. The van der Waals surface area contributed by atoms with Gasteiger partial charge in [0.25, 0.3) is 5.91 Å². The molecule has 2 aliphatic rings. The predicted molar refractivity (Wildman–Crippen MR) is 96.6 cm³/mol. The van der Waals surface area contributed by atoms with Crippen LogP contribution < -0.4 is 15.5 Å². The van der Waals surface area contributed by atoms with Crippen molar-refractivity contribution >= 4 is 23.5 Å². The molecule has 0 bridgehead atoms. The number of carbonyl (C=O) groups is 3. The van der Waals surface area contributed by atoms with Crippen molar-refractivity contribution < 1.29 is 14.4 Å². The maximum Gasteiger partial charge on any atom is 0.322 e. The highest BCUT2D eigenvalue weighted by atomic mass is 16.2. The summed E-state index contributed by atoms with van der Waals surface area (Å²) in [6.45, 7) is 2.38. The molecule has 132 valence electrons. The molecule has 4 rings (SSSR count). The fourth-order valence-corrected chi connectivity index (χ4v) is 3.70. The lowest BCUT2D eigenvalue weighted by Gasteiger charge is -2.39. The third-order valence-electron chi connectivity index (χ3n) is 5.08. The average Bonchev–Trinajstić information content (AvgIpc) is 2.91. The molecule has 6 nitrogen and oxygen atoms in total. The number of rotatable bonds is 2. The Hall–Kier alpha value is -3.15. The number of hydrogen-bond donors (Lipinski definition) is 2. The van der Waals surface area contributed by atoms with Gasteiger partial charge in [-0.05, 0) is 18.6 Å². The van der Waals surface area contributed by atoms with Crippen molar-refractivity contribution in [3.63, 3.8) is 0 Å². The minimum absolute atomic E-state index is 0.0270. The van der Waals surface area contributed by atoms with Gasteiger partial charge in [0.05, 0.1) is 6.42 Å². The van der Waals surface area contributed by atoms with Gasteiger partial charge in [-0.2, -0.15) is 0 Å². The van der Waals surface area contributed by atoms with Crippen molar-refractivity contribution in [2.24, 2.45) is 0 Å². The number of nitrogens with zero attached hydrogens (tertiary/aromatic N) is 1. The Kier molecular flexibility index (Phi) is 3.76. The average molecular weight is 349 g/mol. The number of aryl methyl sites for hydroxylation is 1. The summed E-state index contributed by atoms with van der Waals surface area (Å²) in [6, 6.07) is 14.6. The lowest BCUT2D eigenvalue weighted by Crippen LogP contribution is -2.52. The highest BCUT2D eigenvalue weighted by molar-refractivity contribution is 6.09. The molecule has 2 aromatic carbocycles. The number of anilines is 1. The van der Waals surface area contributed by atoms with Crippen molar-refractivity contribution in [2.75, 3.05) is 11.4 Å². The van der Waals surface area contributed by atoms with E-state index in [1.807, 2.05) is 49.4 Å². The highest BCUT2D eigenvalue weighted by Crippen LogP contribution is 2.40. The Morgan fingerprint density at radius 1 is 1.12 bits per heavy atom. The summed E-state index contributed by atoms with van der Waals surface area (Å²) in [5.74, 6) is -0.388. The van der Waals surface area contributed by atoms with Crippen LogP contribution in [0, 0.1) is 6.92 Å². The van der Waals surface area contributed by atoms with E-state index in [2.05, 4.69) is 10.6 Å².